The summed E-state index contributed by atoms with van der Waals surface area (Å²) in [6.07, 6.45) is 3.54. The number of guanidine groups is 1. The number of benzene rings is 1. The Balaban J connectivity index is 1.58. The monoisotopic (exact) mass is 1000 g/mol. The van der Waals surface area contributed by atoms with E-state index in [0.717, 1.165) is 0 Å². The Hall–Kier alpha value is -7.53. The highest BCUT2D eigenvalue weighted by Crippen LogP contribution is 2.35. The summed E-state index contributed by atoms with van der Waals surface area (Å²) in [5.74, 6) is -8.34. The molecule has 0 radical (unpaired) electrons. The molecule has 2 aromatic heterocycles. The quantitative estimate of drug-likeness (QED) is 0.0437. The van der Waals surface area contributed by atoms with E-state index in [0.29, 0.717) is 34.3 Å². The first-order chi connectivity index (χ1) is 34.1. The number of carboxylic acids is 1. The van der Waals surface area contributed by atoms with Gasteiger partial charge in [0, 0.05) is 54.4 Å². The van der Waals surface area contributed by atoms with Crippen molar-refractivity contribution in [3.63, 3.8) is 0 Å². The van der Waals surface area contributed by atoms with Crippen molar-refractivity contribution in [2.45, 2.75) is 141 Å². The van der Waals surface area contributed by atoms with Crippen LogP contribution in [0.15, 0.2) is 35.7 Å². The minimum atomic E-state index is -1.46. The summed E-state index contributed by atoms with van der Waals surface area (Å²) in [6, 6.07) is -3.47. The van der Waals surface area contributed by atoms with Crippen LogP contribution in [0.3, 0.4) is 0 Å². The Labute approximate surface area is 416 Å². The van der Waals surface area contributed by atoms with Gasteiger partial charge < -0.3 is 64.1 Å². The van der Waals surface area contributed by atoms with Gasteiger partial charge in [0.05, 0.1) is 12.2 Å². The normalized spacial score (nSPS) is 25.1. The number of carbonyl (C=O) groups is 9. The van der Waals surface area contributed by atoms with Crippen LogP contribution < -0.4 is 54.0 Å². The lowest BCUT2D eigenvalue weighted by atomic mass is 9.81. The van der Waals surface area contributed by atoms with Gasteiger partial charge in [-0.3, -0.25) is 47.9 Å². The van der Waals surface area contributed by atoms with Gasteiger partial charge in [-0.05, 0) is 55.1 Å². The summed E-state index contributed by atoms with van der Waals surface area (Å²) in [5.41, 5.74) is 12.9. The van der Waals surface area contributed by atoms with E-state index in [2.05, 4.69) is 57.5 Å². The second-order valence-electron chi connectivity index (χ2n) is 19.7. The molecule has 0 spiro atoms. The van der Waals surface area contributed by atoms with Gasteiger partial charge in [-0.25, -0.2) is 9.78 Å². The van der Waals surface area contributed by atoms with Crippen molar-refractivity contribution < 1.29 is 48.3 Å². The van der Waals surface area contributed by atoms with Gasteiger partial charge in [-0.1, -0.05) is 60.1 Å². The third-order valence-corrected chi connectivity index (χ3v) is 13.4. The number of aliphatic imine (C=N–C) groups is 1. The van der Waals surface area contributed by atoms with Gasteiger partial charge >= 0.3 is 5.97 Å². The molecule has 9 atom stereocenters. The first-order valence-corrected chi connectivity index (χ1v) is 24.5. The number of aliphatic carboxylic acids is 1. The van der Waals surface area contributed by atoms with Crippen LogP contribution in [0.1, 0.15) is 103 Å². The van der Waals surface area contributed by atoms with Crippen molar-refractivity contribution in [2.24, 2.45) is 34.2 Å². The van der Waals surface area contributed by atoms with Crippen molar-refractivity contribution in [3.05, 3.63) is 47.5 Å². The number of nitrogens with zero attached hydrogens (tertiary/aromatic N) is 3. The molecule has 7 bridgehead atoms. The first kappa shape index (κ1) is 53.8. The number of aromatic nitrogens is 3. The van der Waals surface area contributed by atoms with Gasteiger partial charge in [-0.15, -0.1) is 0 Å². The molecule has 14 N–H and O–H groups in total. The highest BCUT2D eigenvalue weighted by atomic mass is 16.4. The van der Waals surface area contributed by atoms with E-state index in [9.17, 15) is 48.3 Å². The predicted molar refractivity (Wildman–Crippen MR) is 263 cm³/mol. The Morgan fingerprint density at radius 3 is 2.24 bits per heavy atom. The third kappa shape index (κ3) is 13.3. The Morgan fingerprint density at radius 1 is 0.861 bits per heavy atom. The smallest absolute Gasteiger partial charge is 0.326 e. The molecule has 24 heteroatoms. The number of carboxylic acid groups (broad SMARTS) is 1. The lowest BCUT2D eigenvalue weighted by Crippen LogP contribution is -2.61. The van der Waals surface area contributed by atoms with E-state index in [1.54, 1.807) is 35.9 Å². The minimum absolute atomic E-state index is 0.0324. The SMILES string of the molecule is CC[C@H](C)[C@@H]1NC(=O)[C@H](CC(C)C)NC(=O)[C@@H](NC(=O)[C@@H]2CCC(=O)N2)[C@H](C(C)C)c2ccc3c4c([nH]c3c2)-n2cnc(c2)C[C@@H](C(=O)O)NC(=O)CNC(=O)[C@H](CCCN=C(N)N)NC(=O)[C@H](C4)NC1=O. The second-order valence-corrected chi connectivity index (χ2v) is 19.7. The number of rotatable bonds is 12. The molecule has 6 heterocycles. The largest absolute Gasteiger partial charge is 0.480 e. The van der Waals surface area contributed by atoms with E-state index in [1.165, 1.54) is 6.33 Å². The van der Waals surface area contributed by atoms with E-state index >= 15 is 0 Å². The van der Waals surface area contributed by atoms with Crippen molar-refractivity contribution in [2.75, 3.05) is 13.1 Å². The van der Waals surface area contributed by atoms with Crippen LogP contribution in [0.25, 0.3) is 16.7 Å². The molecule has 3 aromatic rings. The summed E-state index contributed by atoms with van der Waals surface area (Å²) in [6.45, 7) is 10.5. The van der Waals surface area contributed by atoms with Crippen LogP contribution in [0, 0.1) is 17.8 Å². The van der Waals surface area contributed by atoms with Crippen LogP contribution in [0.5, 0.6) is 0 Å². The number of H-pyrrole nitrogens is 1. The molecule has 4 aliphatic rings. The topological polar surface area (TPSA) is 368 Å². The maximum Gasteiger partial charge on any atom is 0.326 e. The number of imidazole rings is 1. The number of aromatic amines is 1. The second kappa shape index (κ2) is 23.6. The standard InChI is InChI=1S/C48H68N14O10/c1-7-24(6)38-45(69)59-33-18-28-27-11-10-25(37(23(4)5)39(61-42(66)30-12-13-35(63)54-30)46(70)58-32(15-22(2)3)44(68)60-38)16-31(27)56-40(28)62-20-26(53-21-62)17-34(47(71)72)55-36(64)19-52-41(65)29(57-43(33)67)9-8-14-51-48(49)50/h10-11,16,20-24,29-30,32-34,37-39,56H,7-9,12-15,17-19H2,1-6H3,(H,52,65)(H,54,63)(H,55,64)(H,57,67)(H,58,70)(H,59,69)(H,60,68)(H,61,66)(H,71,72)(H4,49,50,51)/t24-,29-,30-,32-,33-,34-,37+,38-,39-/m0/s1. The van der Waals surface area contributed by atoms with Crippen molar-refractivity contribution in [1.29, 1.82) is 0 Å². The molecule has 0 unspecified atom stereocenters. The van der Waals surface area contributed by atoms with Crippen molar-refractivity contribution in [1.82, 2.24) is 57.1 Å². The Bertz CT molecular complexity index is 2580. The Kier molecular flexibility index (Phi) is 17.6. The molecule has 0 aliphatic carbocycles. The van der Waals surface area contributed by atoms with Gasteiger partial charge in [0.25, 0.3) is 0 Å². The number of carbonyl (C=O) groups excluding carboxylic acids is 8. The summed E-state index contributed by atoms with van der Waals surface area (Å²) in [7, 11) is 0. The van der Waals surface area contributed by atoms with E-state index in [1.807, 2.05) is 34.6 Å². The summed E-state index contributed by atoms with van der Waals surface area (Å²) >= 11 is 0. The number of nitrogens with one attached hydrogen (secondary N) is 9. The number of amides is 8. The van der Waals surface area contributed by atoms with Gasteiger partial charge in [0.15, 0.2) is 5.96 Å². The number of fused-ring (bicyclic) bond motifs is 13. The van der Waals surface area contributed by atoms with E-state index in [-0.39, 0.29) is 80.9 Å². The predicted octanol–water partition coefficient (Wildman–Crippen LogP) is -1.26. The fraction of sp³-hybridized carbons (Fsp3) is 0.562. The third-order valence-electron chi connectivity index (χ3n) is 13.4. The average molecular weight is 1000 g/mol. The van der Waals surface area contributed by atoms with Crippen LogP contribution >= 0.6 is 0 Å². The fourth-order valence-electron chi connectivity index (χ4n) is 9.41. The van der Waals surface area contributed by atoms with Crippen LogP contribution in [-0.4, -0.2) is 134 Å². The zero-order valence-electron chi connectivity index (χ0n) is 41.4. The lowest BCUT2D eigenvalue weighted by Gasteiger charge is -2.33. The van der Waals surface area contributed by atoms with Crippen LogP contribution in [0.4, 0.5) is 0 Å². The van der Waals surface area contributed by atoms with E-state index < -0.39 is 108 Å². The molecule has 1 fully saturated rings. The van der Waals surface area contributed by atoms with Crippen LogP contribution in [-0.2, 0) is 56.0 Å². The number of hydrogen-bond acceptors (Lipinski definition) is 11. The number of hydrogen-bond donors (Lipinski definition) is 12. The first-order valence-electron chi connectivity index (χ1n) is 24.5. The fourth-order valence-corrected chi connectivity index (χ4v) is 9.41. The summed E-state index contributed by atoms with van der Waals surface area (Å²) in [4.78, 5) is 137. The minimum Gasteiger partial charge on any atom is -0.480 e. The molecular weight excluding hydrogens is 933 g/mol. The van der Waals surface area contributed by atoms with Crippen molar-refractivity contribution in [3.8, 4) is 5.82 Å². The zero-order chi connectivity index (χ0) is 52.6. The number of nitrogens with two attached hydrogens (primary N) is 2. The maximum absolute atomic E-state index is 14.9. The van der Waals surface area contributed by atoms with Gasteiger partial charge in [0.1, 0.15) is 54.4 Å². The average Bonchev–Trinajstić information content (AvgIpc) is 4.07. The van der Waals surface area contributed by atoms with Crippen LogP contribution in [0.2, 0.25) is 0 Å². The highest BCUT2D eigenvalue weighted by molar-refractivity contribution is 5.99. The highest BCUT2D eigenvalue weighted by Gasteiger charge is 2.40. The molecule has 7 rings (SSSR count). The molecule has 24 nitrogen and oxygen atoms in total. The Morgan fingerprint density at radius 2 is 1.58 bits per heavy atom. The van der Waals surface area contributed by atoms with Gasteiger partial charge in [-0.2, -0.15) is 0 Å². The van der Waals surface area contributed by atoms with Crippen molar-refractivity contribution >= 4 is 70.1 Å². The molecule has 8 amide bonds. The molecule has 4 aliphatic heterocycles. The summed E-state index contributed by atoms with van der Waals surface area (Å²) in [5, 5.41) is 32.6. The molecular formula is C48H68N14O10. The molecule has 1 aromatic carbocycles. The lowest BCUT2D eigenvalue weighted by molar-refractivity contribution is -0.141. The molecule has 390 valence electrons. The maximum atomic E-state index is 14.9. The van der Waals surface area contributed by atoms with E-state index in [4.69, 9.17) is 11.5 Å². The molecule has 0 saturated carbocycles. The zero-order valence-corrected chi connectivity index (χ0v) is 41.4. The molecule has 72 heavy (non-hydrogen) atoms. The summed E-state index contributed by atoms with van der Waals surface area (Å²) < 4.78 is 1.58. The molecule has 1 saturated heterocycles. The van der Waals surface area contributed by atoms with Gasteiger partial charge in [0.2, 0.25) is 47.3 Å².